The molecule has 0 bridgehead atoms. The number of allylic oxidation sites excluding steroid dienone is 2. The van der Waals surface area contributed by atoms with Gasteiger partial charge in [0.1, 0.15) is 0 Å². The Kier molecular flexibility index (Phi) is 5.23. The normalized spacial score (nSPS) is 20.9. The van der Waals surface area contributed by atoms with Crippen LogP contribution < -0.4 is 10.6 Å². The third-order valence-electron chi connectivity index (χ3n) is 6.30. The van der Waals surface area contributed by atoms with Gasteiger partial charge in [-0.3, -0.25) is 19.3 Å². The molecule has 5 rings (SSSR count). The number of ketones is 1. The number of anilines is 1. The van der Waals surface area contributed by atoms with Gasteiger partial charge in [-0.1, -0.05) is 48.5 Å². The first-order chi connectivity index (χ1) is 15.5. The molecule has 2 aromatic carbocycles. The number of para-hydroxylation sites is 1. The number of Topliss-reactive ketones (excluding diaryl/α,β-unsaturated/α-hetero) is 1. The number of carbonyl (C=O) groups excluding carboxylic acids is 3. The predicted octanol–water partition coefficient (Wildman–Crippen LogP) is 4.77. The zero-order chi connectivity index (χ0) is 22.2. The van der Waals surface area contributed by atoms with Crippen LogP contribution in [0.2, 0.25) is 0 Å². The number of benzene rings is 2. The minimum Gasteiger partial charge on any atom is -0.366 e. The lowest BCUT2D eigenvalue weighted by molar-refractivity contribution is -0.120. The summed E-state index contributed by atoms with van der Waals surface area (Å²) in [5.74, 6) is -0.943. The summed E-state index contributed by atoms with van der Waals surface area (Å²) in [5.41, 5.74) is 8.81. The Balaban J connectivity index is 1.69. The van der Waals surface area contributed by atoms with Gasteiger partial charge in [-0.15, -0.1) is 11.3 Å². The largest absolute Gasteiger partial charge is 0.366 e. The van der Waals surface area contributed by atoms with Crippen LogP contribution in [0.5, 0.6) is 0 Å². The Morgan fingerprint density at radius 1 is 0.906 bits per heavy atom. The van der Waals surface area contributed by atoms with Crippen LogP contribution in [0.15, 0.2) is 83.4 Å². The summed E-state index contributed by atoms with van der Waals surface area (Å²) in [7, 11) is 0. The molecular weight excluding hydrogens is 420 g/mol. The van der Waals surface area contributed by atoms with Gasteiger partial charge in [0.05, 0.1) is 11.3 Å². The van der Waals surface area contributed by atoms with Crippen molar-refractivity contribution in [1.29, 1.82) is 0 Å². The van der Waals surface area contributed by atoms with E-state index in [1.165, 1.54) is 0 Å². The zero-order valence-electron chi connectivity index (χ0n) is 17.4. The Morgan fingerprint density at radius 2 is 1.66 bits per heavy atom. The predicted molar refractivity (Wildman–Crippen MR) is 125 cm³/mol. The summed E-state index contributed by atoms with van der Waals surface area (Å²) in [6.07, 6.45) is 1.14. The van der Waals surface area contributed by atoms with E-state index in [0.717, 1.165) is 10.4 Å². The summed E-state index contributed by atoms with van der Waals surface area (Å²) in [6, 6.07) is 20.7. The van der Waals surface area contributed by atoms with Crippen molar-refractivity contribution in [3.05, 3.63) is 99.4 Å². The van der Waals surface area contributed by atoms with Gasteiger partial charge >= 0.3 is 0 Å². The van der Waals surface area contributed by atoms with Gasteiger partial charge in [0, 0.05) is 34.9 Å². The van der Waals surface area contributed by atoms with Crippen molar-refractivity contribution in [2.45, 2.75) is 31.1 Å². The average Bonchev–Trinajstić information content (AvgIpc) is 3.34. The van der Waals surface area contributed by atoms with E-state index in [1.54, 1.807) is 40.5 Å². The summed E-state index contributed by atoms with van der Waals surface area (Å²) >= 11 is 1.56. The smallest absolute Gasteiger partial charge is 0.250 e. The third-order valence-corrected chi connectivity index (χ3v) is 7.28. The van der Waals surface area contributed by atoms with Gasteiger partial charge in [-0.25, -0.2) is 0 Å². The van der Waals surface area contributed by atoms with Crippen molar-refractivity contribution < 1.29 is 14.4 Å². The van der Waals surface area contributed by atoms with Crippen LogP contribution in [-0.2, 0) is 9.59 Å². The lowest BCUT2D eigenvalue weighted by Crippen LogP contribution is -2.42. The zero-order valence-corrected chi connectivity index (χ0v) is 18.2. The lowest BCUT2D eigenvalue weighted by atomic mass is 9.74. The minimum atomic E-state index is -0.599. The molecule has 2 N–H and O–H groups in total. The second-order valence-corrected chi connectivity index (χ2v) is 9.16. The molecule has 2 atom stereocenters. The molecule has 32 heavy (non-hydrogen) atoms. The first-order valence-electron chi connectivity index (χ1n) is 10.6. The standard InChI is InChI=1S/C26H22N2O3S/c27-26(31)18-9-4-5-10-20(18)28-21-13-17(16-7-2-1-3-8-16)14-22(29)25(21)19(15-24(28)30)23-11-6-12-32-23/h1-12,17,19H,13-15H2,(H2,27,31). The van der Waals surface area contributed by atoms with Gasteiger partial charge in [0.15, 0.2) is 5.78 Å². The maximum atomic E-state index is 13.5. The fourth-order valence-electron chi connectivity index (χ4n) is 4.89. The summed E-state index contributed by atoms with van der Waals surface area (Å²) < 4.78 is 0. The highest BCUT2D eigenvalue weighted by Crippen LogP contribution is 2.48. The van der Waals surface area contributed by atoms with Crippen LogP contribution in [0.1, 0.15) is 51.9 Å². The molecule has 2 heterocycles. The van der Waals surface area contributed by atoms with Crippen molar-refractivity contribution in [2.75, 3.05) is 4.90 Å². The van der Waals surface area contributed by atoms with Crippen LogP contribution in [0.4, 0.5) is 5.69 Å². The third kappa shape index (κ3) is 3.46. The molecule has 0 spiro atoms. The minimum absolute atomic E-state index is 0.0272. The molecular formula is C26H22N2O3S. The second-order valence-electron chi connectivity index (χ2n) is 8.18. The Labute approximate surface area is 190 Å². The number of thiophene rings is 1. The number of primary amides is 1. The molecule has 160 valence electrons. The maximum Gasteiger partial charge on any atom is 0.250 e. The van der Waals surface area contributed by atoms with E-state index in [9.17, 15) is 14.4 Å². The molecule has 1 aliphatic carbocycles. The van der Waals surface area contributed by atoms with Crippen LogP contribution >= 0.6 is 11.3 Å². The number of amides is 2. The molecule has 6 heteroatoms. The Bertz CT molecular complexity index is 1230. The van der Waals surface area contributed by atoms with Gasteiger partial charge in [0.25, 0.3) is 5.91 Å². The SMILES string of the molecule is NC(=O)c1ccccc1N1C(=O)CC(c2cccs2)C2=C1CC(c1ccccc1)CC2=O. The first kappa shape index (κ1) is 20.4. The number of nitrogens with two attached hydrogens (primary N) is 1. The van der Waals surface area contributed by atoms with E-state index in [4.69, 9.17) is 5.73 Å². The van der Waals surface area contributed by atoms with Crippen molar-refractivity contribution in [3.63, 3.8) is 0 Å². The monoisotopic (exact) mass is 442 g/mol. The van der Waals surface area contributed by atoms with Crippen LogP contribution in [0.25, 0.3) is 0 Å². The van der Waals surface area contributed by atoms with Crippen LogP contribution in [0, 0.1) is 0 Å². The summed E-state index contributed by atoms with van der Waals surface area (Å²) in [6.45, 7) is 0. The molecule has 0 saturated heterocycles. The Morgan fingerprint density at radius 3 is 2.38 bits per heavy atom. The highest BCUT2D eigenvalue weighted by atomic mass is 32.1. The summed E-state index contributed by atoms with van der Waals surface area (Å²) in [5, 5.41) is 1.97. The maximum absolute atomic E-state index is 13.5. The molecule has 0 saturated carbocycles. The number of rotatable bonds is 4. The lowest BCUT2D eigenvalue weighted by Gasteiger charge is -2.40. The quantitative estimate of drug-likeness (QED) is 0.632. The number of carbonyl (C=O) groups is 3. The fourth-order valence-corrected chi connectivity index (χ4v) is 5.72. The van der Waals surface area contributed by atoms with Gasteiger partial charge in [-0.2, -0.15) is 0 Å². The van der Waals surface area contributed by atoms with Crippen LogP contribution in [0.3, 0.4) is 0 Å². The van der Waals surface area contributed by atoms with Crippen LogP contribution in [-0.4, -0.2) is 17.6 Å². The van der Waals surface area contributed by atoms with Gasteiger partial charge in [-0.05, 0) is 41.5 Å². The van der Waals surface area contributed by atoms with E-state index >= 15 is 0 Å². The highest BCUT2D eigenvalue weighted by Gasteiger charge is 2.43. The van der Waals surface area contributed by atoms with E-state index in [2.05, 4.69) is 0 Å². The average molecular weight is 443 g/mol. The number of nitrogens with zero attached hydrogens (tertiary/aromatic N) is 1. The molecule has 2 aliphatic rings. The molecule has 0 fully saturated rings. The topological polar surface area (TPSA) is 80.5 Å². The molecule has 1 aliphatic heterocycles. The van der Waals surface area contributed by atoms with Crippen molar-refractivity contribution in [3.8, 4) is 0 Å². The fraction of sp³-hybridized carbons (Fsp3) is 0.192. The molecule has 2 amide bonds. The number of hydrogen-bond acceptors (Lipinski definition) is 4. The van der Waals surface area contributed by atoms with Crippen molar-refractivity contribution in [2.24, 2.45) is 5.73 Å². The molecule has 1 aromatic heterocycles. The summed E-state index contributed by atoms with van der Waals surface area (Å²) in [4.78, 5) is 41.8. The highest BCUT2D eigenvalue weighted by molar-refractivity contribution is 7.10. The molecule has 0 radical (unpaired) electrons. The molecule has 5 nitrogen and oxygen atoms in total. The Hall–Kier alpha value is -3.51. The van der Waals surface area contributed by atoms with Crippen molar-refractivity contribution in [1.82, 2.24) is 0 Å². The number of hydrogen-bond donors (Lipinski definition) is 1. The van der Waals surface area contributed by atoms with E-state index < -0.39 is 5.91 Å². The van der Waals surface area contributed by atoms with E-state index in [0.29, 0.717) is 29.8 Å². The van der Waals surface area contributed by atoms with E-state index in [1.807, 2.05) is 47.8 Å². The van der Waals surface area contributed by atoms with Crippen molar-refractivity contribution >= 4 is 34.6 Å². The van der Waals surface area contributed by atoms with Gasteiger partial charge < -0.3 is 5.73 Å². The van der Waals surface area contributed by atoms with E-state index in [-0.39, 0.29) is 35.5 Å². The molecule has 2 unspecified atom stereocenters. The molecule has 3 aromatic rings. The van der Waals surface area contributed by atoms with Gasteiger partial charge in [0.2, 0.25) is 5.91 Å². The second kappa shape index (κ2) is 8.20. The first-order valence-corrected chi connectivity index (χ1v) is 11.5.